The van der Waals surface area contributed by atoms with Gasteiger partial charge in [-0.05, 0) is 31.5 Å². The van der Waals surface area contributed by atoms with E-state index in [2.05, 4.69) is 10.4 Å². The maximum absolute atomic E-state index is 14.6. The molecule has 0 bridgehead atoms. The Morgan fingerprint density at radius 1 is 1.22 bits per heavy atom. The Bertz CT molecular complexity index is 890. The van der Waals surface area contributed by atoms with Crippen molar-refractivity contribution in [1.29, 1.82) is 0 Å². The van der Waals surface area contributed by atoms with Crippen LogP contribution in [-0.4, -0.2) is 33.7 Å². The van der Waals surface area contributed by atoms with Crippen molar-refractivity contribution >= 4 is 5.91 Å². The van der Waals surface area contributed by atoms with Gasteiger partial charge in [0.2, 0.25) is 5.91 Å². The molecule has 0 atom stereocenters. The summed E-state index contributed by atoms with van der Waals surface area (Å²) in [6.07, 6.45) is -3.11. The van der Waals surface area contributed by atoms with E-state index in [1.165, 1.54) is 12.1 Å². The van der Waals surface area contributed by atoms with Gasteiger partial charge >= 0.3 is 6.18 Å². The summed E-state index contributed by atoms with van der Waals surface area (Å²) in [6.45, 7) is 1.44. The van der Waals surface area contributed by atoms with Gasteiger partial charge in [-0.2, -0.15) is 18.3 Å². The Hall–Kier alpha value is -2.42. The molecule has 0 spiro atoms. The highest BCUT2D eigenvalue weighted by atomic mass is 19.4. The van der Waals surface area contributed by atoms with Crippen molar-refractivity contribution in [1.82, 2.24) is 20.0 Å². The van der Waals surface area contributed by atoms with Gasteiger partial charge in [0.1, 0.15) is 5.82 Å². The second-order valence-electron chi connectivity index (χ2n) is 6.80. The van der Waals surface area contributed by atoms with Crippen molar-refractivity contribution < 1.29 is 22.4 Å². The maximum Gasteiger partial charge on any atom is 0.435 e. The number of carbonyl (C=O) groups is 1. The second-order valence-corrected chi connectivity index (χ2v) is 6.80. The standard InChI is InChI=1S/C18H18F4N4O/c19-14-8-12(4-3-11(14)10-25-7-1-2-16(25)27)26-15-9-23-6-5-13(15)17(24-26)18(20,21)22/h3-4,8,23H,1-2,5-7,9-10H2. The molecule has 144 valence electrons. The van der Waals surface area contributed by atoms with Gasteiger partial charge in [-0.15, -0.1) is 0 Å². The first-order valence-corrected chi connectivity index (χ1v) is 8.80. The summed E-state index contributed by atoms with van der Waals surface area (Å²) in [5, 5.41) is 6.77. The lowest BCUT2D eigenvalue weighted by Crippen LogP contribution is -2.26. The maximum atomic E-state index is 14.6. The molecule has 1 N–H and O–H groups in total. The smallest absolute Gasteiger partial charge is 0.338 e. The number of fused-ring (bicyclic) bond motifs is 1. The number of alkyl halides is 3. The minimum absolute atomic E-state index is 0.0134. The van der Waals surface area contributed by atoms with Crippen LogP contribution >= 0.6 is 0 Å². The molecule has 0 radical (unpaired) electrons. The molecule has 5 nitrogen and oxygen atoms in total. The molecule has 3 heterocycles. The van der Waals surface area contributed by atoms with Crippen LogP contribution in [0.1, 0.15) is 35.4 Å². The fraction of sp³-hybridized carbons (Fsp3) is 0.444. The van der Waals surface area contributed by atoms with Gasteiger partial charge in [0, 0.05) is 37.2 Å². The molecule has 1 saturated heterocycles. The predicted molar refractivity (Wildman–Crippen MR) is 88.6 cm³/mol. The summed E-state index contributed by atoms with van der Waals surface area (Å²) in [4.78, 5) is 13.3. The summed E-state index contributed by atoms with van der Waals surface area (Å²) >= 11 is 0. The molecule has 1 fully saturated rings. The number of amides is 1. The van der Waals surface area contributed by atoms with Gasteiger partial charge in [-0.25, -0.2) is 9.07 Å². The number of nitrogens with zero attached hydrogens (tertiary/aromatic N) is 3. The molecule has 2 aliphatic heterocycles. The van der Waals surface area contributed by atoms with E-state index >= 15 is 0 Å². The molecule has 2 aromatic rings. The third kappa shape index (κ3) is 3.31. The number of aromatic nitrogens is 2. The molecular weight excluding hydrogens is 364 g/mol. The van der Waals surface area contributed by atoms with E-state index in [1.54, 1.807) is 11.0 Å². The minimum atomic E-state index is -4.55. The van der Waals surface area contributed by atoms with Crippen molar-refractivity contribution in [3.05, 3.63) is 46.5 Å². The molecule has 1 aromatic carbocycles. The zero-order valence-corrected chi connectivity index (χ0v) is 14.4. The van der Waals surface area contributed by atoms with Crippen LogP contribution in [0.3, 0.4) is 0 Å². The van der Waals surface area contributed by atoms with Crippen LogP contribution in [0.4, 0.5) is 17.6 Å². The van der Waals surface area contributed by atoms with E-state index in [4.69, 9.17) is 0 Å². The van der Waals surface area contributed by atoms with Crippen LogP contribution in [0.2, 0.25) is 0 Å². The van der Waals surface area contributed by atoms with Crippen LogP contribution in [0, 0.1) is 5.82 Å². The fourth-order valence-corrected chi connectivity index (χ4v) is 3.66. The number of halogens is 4. The average molecular weight is 382 g/mol. The Labute approximate surface area is 153 Å². The highest BCUT2D eigenvalue weighted by Crippen LogP contribution is 2.35. The Morgan fingerprint density at radius 2 is 2.04 bits per heavy atom. The Kier molecular flexibility index (Phi) is 4.41. The largest absolute Gasteiger partial charge is 0.435 e. The molecule has 1 aromatic heterocycles. The zero-order valence-electron chi connectivity index (χ0n) is 14.4. The van der Waals surface area contributed by atoms with Gasteiger partial charge in [-0.3, -0.25) is 4.79 Å². The van der Waals surface area contributed by atoms with E-state index in [1.807, 2.05) is 0 Å². The monoisotopic (exact) mass is 382 g/mol. The lowest BCUT2D eigenvalue weighted by Gasteiger charge is -2.18. The summed E-state index contributed by atoms with van der Waals surface area (Å²) < 4.78 is 55.7. The van der Waals surface area contributed by atoms with Gasteiger partial charge in [0.05, 0.1) is 11.4 Å². The molecule has 0 unspecified atom stereocenters. The third-order valence-electron chi connectivity index (χ3n) is 5.02. The summed E-state index contributed by atoms with van der Waals surface area (Å²) in [5.74, 6) is -0.575. The van der Waals surface area contributed by atoms with Crippen LogP contribution in [0.25, 0.3) is 5.69 Å². The molecule has 0 aliphatic carbocycles. The van der Waals surface area contributed by atoms with Crippen LogP contribution in [0.5, 0.6) is 0 Å². The number of rotatable bonds is 3. The third-order valence-corrected chi connectivity index (χ3v) is 5.02. The Morgan fingerprint density at radius 3 is 2.70 bits per heavy atom. The number of carbonyl (C=O) groups excluding carboxylic acids is 1. The molecule has 9 heteroatoms. The van der Waals surface area contributed by atoms with Crippen LogP contribution in [0.15, 0.2) is 18.2 Å². The summed E-state index contributed by atoms with van der Waals surface area (Å²) in [7, 11) is 0. The van der Waals surface area contributed by atoms with E-state index < -0.39 is 17.7 Å². The van der Waals surface area contributed by atoms with Crippen molar-refractivity contribution in [2.75, 3.05) is 13.1 Å². The lowest BCUT2D eigenvalue weighted by atomic mass is 10.1. The van der Waals surface area contributed by atoms with Crippen molar-refractivity contribution in [2.45, 2.75) is 38.5 Å². The lowest BCUT2D eigenvalue weighted by molar-refractivity contribution is -0.142. The zero-order chi connectivity index (χ0) is 19.2. The van der Waals surface area contributed by atoms with Crippen molar-refractivity contribution in [3.8, 4) is 5.69 Å². The first-order valence-electron chi connectivity index (χ1n) is 8.80. The normalized spacial score (nSPS) is 17.5. The fourth-order valence-electron chi connectivity index (χ4n) is 3.66. The second kappa shape index (κ2) is 6.63. The highest BCUT2D eigenvalue weighted by Gasteiger charge is 2.39. The summed E-state index contributed by atoms with van der Waals surface area (Å²) in [5.41, 5.74) is 0.221. The number of likely N-dealkylation sites (tertiary alicyclic amines) is 1. The van der Waals surface area contributed by atoms with E-state index in [-0.39, 0.29) is 36.7 Å². The number of benzene rings is 1. The number of hydrogen-bond donors (Lipinski definition) is 1. The molecule has 4 rings (SSSR count). The van der Waals surface area contributed by atoms with Crippen LogP contribution in [-0.2, 0) is 30.5 Å². The van der Waals surface area contributed by atoms with Crippen molar-refractivity contribution in [2.24, 2.45) is 0 Å². The van der Waals surface area contributed by atoms with Crippen LogP contribution < -0.4 is 5.32 Å². The van der Waals surface area contributed by atoms with Gasteiger partial charge in [0.25, 0.3) is 0 Å². The minimum Gasteiger partial charge on any atom is -0.338 e. The van der Waals surface area contributed by atoms with E-state index in [9.17, 15) is 22.4 Å². The van der Waals surface area contributed by atoms with E-state index in [0.29, 0.717) is 30.8 Å². The quantitative estimate of drug-likeness (QED) is 0.831. The molecular formula is C18H18F4N4O. The average Bonchev–Trinajstić information content (AvgIpc) is 3.20. The predicted octanol–water partition coefficient (Wildman–Crippen LogP) is 2.80. The number of hydrogen-bond acceptors (Lipinski definition) is 3. The molecule has 2 aliphatic rings. The van der Waals surface area contributed by atoms with Gasteiger partial charge in [0.15, 0.2) is 5.69 Å². The summed E-state index contributed by atoms with van der Waals surface area (Å²) in [6, 6.07) is 4.23. The number of nitrogens with one attached hydrogen (secondary N) is 1. The first kappa shape index (κ1) is 18.0. The van der Waals surface area contributed by atoms with Gasteiger partial charge in [-0.1, -0.05) is 6.07 Å². The Balaban J connectivity index is 1.69. The molecule has 0 saturated carbocycles. The SMILES string of the molecule is O=C1CCCN1Cc1ccc(-n2nc(C(F)(F)F)c3c2CNCC3)cc1F. The first-order chi connectivity index (χ1) is 12.8. The topological polar surface area (TPSA) is 50.2 Å². The molecule has 27 heavy (non-hydrogen) atoms. The van der Waals surface area contributed by atoms with Gasteiger partial charge < -0.3 is 10.2 Å². The van der Waals surface area contributed by atoms with E-state index in [0.717, 1.165) is 11.1 Å². The molecule has 1 amide bonds. The van der Waals surface area contributed by atoms with Crippen molar-refractivity contribution in [3.63, 3.8) is 0 Å². The highest BCUT2D eigenvalue weighted by molar-refractivity contribution is 5.78.